The number of hydrogen-bond acceptors (Lipinski definition) is 7. The number of pyridine rings is 1. The monoisotopic (exact) mass is 779 g/mol. The van der Waals surface area contributed by atoms with Crippen LogP contribution in [-0.4, -0.2) is 66.9 Å². The minimum Gasteiger partial charge on any atom is -0.356 e. The summed E-state index contributed by atoms with van der Waals surface area (Å²) in [5.41, 5.74) is 5.08. The SMILES string of the molecule is Cc1nc2c(F)c(-c3cccc(Cl)c3Cl)c(CCC#N)cc2c2c1cc([C@H]1C[C@H](n3cc(CC4CCNC4=O)nn3)CN1C(=O)C1CC1)n2[C@H]1[C@H]2CN[C@@H]1C2. The van der Waals surface area contributed by atoms with Crippen LogP contribution in [0.4, 0.5) is 4.39 Å². The molecular weight excluding hydrogens is 740 g/mol. The van der Waals surface area contributed by atoms with Crippen molar-refractivity contribution in [3.63, 3.8) is 0 Å². The number of benzene rings is 2. The summed E-state index contributed by atoms with van der Waals surface area (Å²) in [4.78, 5) is 33.4. The Hall–Kier alpha value is -4.57. The van der Waals surface area contributed by atoms with E-state index in [9.17, 15) is 14.9 Å². The summed E-state index contributed by atoms with van der Waals surface area (Å²) in [7, 11) is 0. The molecule has 4 aliphatic heterocycles. The number of nitrogens with zero attached hydrogens (tertiary/aromatic N) is 7. The number of aromatic nitrogens is 5. The van der Waals surface area contributed by atoms with Crippen molar-refractivity contribution in [2.45, 2.75) is 82.5 Å². The van der Waals surface area contributed by atoms with Gasteiger partial charge >= 0.3 is 0 Å². The molecule has 1 unspecified atom stereocenters. The van der Waals surface area contributed by atoms with E-state index in [-0.39, 0.29) is 64.8 Å². The number of carbonyl (C=O) groups excluding carboxylic acids is 2. The van der Waals surface area contributed by atoms with Crippen molar-refractivity contribution in [3.8, 4) is 17.2 Å². The van der Waals surface area contributed by atoms with Gasteiger partial charge in [0.1, 0.15) is 5.52 Å². The molecule has 2 saturated carbocycles. The summed E-state index contributed by atoms with van der Waals surface area (Å²) in [5, 5.41) is 27.4. The standard InChI is InChI=1S/C41H40Cl2FN9O2/c1-20-28-16-33(32-15-26(19-51(32)41(55)21-7-8-21)52-18-25(49-50-52)12-23-9-11-46-40(23)54)53(38-24-14-31(38)47-17-24)39(28)29-13-22(4-3-10-45)34(36(44)37(29)48-20)27-5-2-6-30(42)35(27)43/h2,5-6,13,16,18,21,23-24,26,31-32,38,47H,3-4,7-9,11-12,14-15,17,19H2,1H3,(H,46,54)/t23?,24-,26+,31-,32-,38+/m1/s1. The van der Waals surface area contributed by atoms with Crippen molar-refractivity contribution in [2.24, 2.45) is 17.8 Å². The highest BCUT2D eigenvalue weighted by molar-refractivity contribution is 6.43. The molecule has 3 aromatic heterocycles. The second-order valence-electron chi connectivity index (χ2n) is 16.1. The highest BCUT2D eigenvalue weighted by Crippen LogP contribution is 2.52. The van der Waals surface area contributed by atoms with Gasteiger partial charge in [-0.2, -0.15) is 5.26 Å². The molecule has 282 valence electrons. The quantitative estimate of drug-likeness (QED) is 0.168. The van der Waals surface area contributed by atoms with Crippen LogP contribution in [0.1, 0.15) is 79.3 Å². The van der Waals surface area contributed by atoms with Gasteiger partial charge in [-0.3, -0.25) is 9.59 Å². The molecule has 0 spiro atoms. The summed E-state index contributed by atoms with van der Waals surface area (Å²) >= 11 is 13.1. The third-order valence-corrected chi connectivity index (χ3v) is 13.6. The summed E-state index contributed by atoms with van der Waals surface area (Å²) in [6.07, 6.45) is 7.26. The van der Waals surface area contributed by atoms with Gasteiger partial charge in [0.25, 0.3) is 0 Å². The molecule has 2 aromatic carbocycles. The first-order chi connectivity index (χ1) is 26.7. The first kappa shape index (κ1) is 34.9. The minimum absolute atomic E-state index is 0.0190. The molecule has 6 atom stereocenters. The Balaban J connectivity index is 1.14. The van der Waals surface area contributed by atoms with E-state index in [0.717, 1.165) is 54.5 Å². The molecule has 2 amide bonds. The van der Waals surface area contributed by atoms with E-state index in [1.165, 1.54) is 0 Å². The van der Waals surface area contributed by atoms with Crippen molar-refractivity contribution in [2.75, 3.05) is 19.6 Å². The summed E-state index contributed by atoms with van der Waals surface area (Å²) in [6, 6.07) is 11.6. The number of amides is 2. The number of halogens is 3. The fourth-order valence-corrected chi connectivity index (χ4v) is 10.3. The van der Waals surface area contributed by atoms with Crippen LogP contribution in [0.5, 0.6) is 0 Å². The molecule has 11 nitrogen and oxygen atoms in total. The Morgan fingerprint density at radius 3 is 2.73 bits per heavy atom. The van der Waals surface area contributed by atoms with Crippen LogP contribution in [0, 0.1) is 41.8 Å². The summed E-state index contributed by atoms with van der Waals surface area (Å²) in [6.45, 7) is 4.00. The number of fused-ring (bicyclic) bond motifs is 4. The first-order valence-corrected chi connectivity index (χ1v) is 20.2. The topological polar surface area (TPSA) is 134 Å². The van der Waals surface area contributed by atoms with Gasteiger partial charge < -0.3 is 20.1 Å². The maximum absolute atomic E-state index is 17.3. The van der Waals surface area contributed by atoms with Gasteiger partial charge in [-0.25, -0.2) is 14.1 Å². The number of nitriles is 1. The molecule has 2 aliphatic carbocycles. The molecule has 11 rings (SSSR count). The zero-order chi connectivity index (χ0) is 37.7. The average molecular weight is 781 g/mol. The summed E-state index contributed by atoms with van der Waals surface area (Å²) < 4.78 is 21.6. The smallest absolute Gasteiger partial charge is 0.226 e. The maximum atomic E-state index is 17.3. The molecule has 2 bridgehead atoms. The van der Waals surface area contributed by atoms with Gasteiger partial charge in [-0.15, -0.1) is 5.10 Å². The Morgan fingerprint density at radius 2 is 2.00 bits per heavy atom. The third-order valence-electron chi connectivity index (χ3n) is 12.8. The lowest BCUT2D eigenvalue weighted by Crippen LogP contribution is -2.41. The highest BCUT2D eigenvalue weighted by atomic mass is 35.5. The van der Waals surface area contributed by atoms with E-state index in [1.54, 1.807) is 18.2 Å². The van der Waals surface area contributed by atoms with Crippen molar-refractivity contribution in [1.29, 1.82) is 5.26 Å². The van der Waals surface area contributed by atoms with Crippen LogP contribution >= 0.6 is 23.2 Å². The first-order valence-electron chi connectivity index (χ1n) is 19.4. The van der Waals surface area contributed by atoms with E-state index in [2.05, 4.69) is 42.5 Å². The lowest BCUT2D eigenvalue weighted by atomic mass is 9.79. The number of nitrogens with one attached hydrogen (secondary N) is 2. The van der Waals surface area contributed by atoms with Gasteiger partial charge in [0.15, 0.2) is 5.82 Å². The maximum Gasteiger partial charge on any atom is 0.226 e. The normalized spacial score (nSPS) is 25.9. The molecule has 7 heterocycles. The molecule has 4 saturated heterocycles. The molecule has 5 aromatic rings. The van der Waals surface area contributed by atoms with Crippen LogP contribution in [0.3, 0.4) is 0 Å². The van der Waals surface area contributed by atoms with Crippen molar-refractivity contribution < 1.29 is 14.0 Å². The molecule has 14 heteroatoms. The molecule has 6 aliphatic rings. The van der Waals surface area contributed by atoms with Gasteiger partial charge in [0.05, 0.1) is 45.5 Å². The predicted octanol–water partition coefficient (Wildman–Crippen LogP) is 6.79. The zero-order valence-electron chi connectivity index (χ0n) is 30.4. The van der Waals surface area contributed by atoms with Crippen LogP contribution in [-0.2, 0) is 22.4 Å². The Labute approximate surface area is 327 Å². The Kier molecular flexibility index (Phi) is 8.42. The van der Waals surface area contributed by atoms with E-state index in [0.29, 0.717) is 71.1 Å². The van der Waals surface area contributed by atoms with E-state index >= 15 is 4.39 Å². The molecule has 2 N–H and O–H groups in total. The number of aryl methyl sites for hydroxylation is 2. The Morgan fingerprint density at radius 1 is 1.15 bits per heavy atom. The summed E-state index contributed by atoms with van der Waals surface area (Å²) in [5.74, 6) is 0.0351. The van der Waals surface area contributed by atoms with E-state index in [1.807, 2.05) is 23.9 Å². The average Bonchev–Trinajstić information content (AvgIpc) is 3.79. The van der Waals surface area contributed by atoms with Gasteiger partial charge in [-0.05, 0) is 75.1 Å². The van der Waals surface area contributed by atoms with Gasteiger partial charge in [0.2, 0.25) is 11.8 Å². The second kappa shape index (κ2) is 13.3. The molecular formula is C41H40Cl2FN9O2. The number of hydrogen-bond donors (Lipinski definition) is 2. The van der Waals surface area contributed by atoms with Gasteiger partial charge in [-0.1, -0.05) is 40.5 Å². The lowest BCUT2D eigenvalue weighted by molar-refractivity contribution is -0.133. The fraction of sp³-hybridized carbons (Fsp3) is 0.463. The minimum atomic E-state index is -0.493. The predicted molar refractivity (Wildman–Crippen MR) is 206 cm³/mol. The van der Waals surface area contributed by atoms with Crippen LogP contribution in [0.15, 0.2) is 36.5 Å². The molecule has 0 radical (unpaired) electrons. The number of likely N-dealkylation sites (tertiary alicyclic amines) is 1. The van der Waals surface area contributed by atoms with Crippen LogP contribution in [0.2, 0.25) is 10.0 Å². The molecule has 55 heavy (non-hydrogen) atoms. The fourth-order valence-electron chi connectivity index (χ4n) is 9.87. The van der Waals surface area contributed by atoms with Crippen LogP contribution < -0.4 is 10.6 Å². The van der Waals surface area contributed by atoms with E-state index in [4.69, 9.17) is 28.2 Å². The van der Waals surface area contributed by atoms with Crippen molar-refractivity contribution in [1.82, 2.24) is 40.1 Å². The second-order valence-corrected chi connectivity index (χ2v) is 16.9. The molecule has 6 fully saturated rings. The largest absolute Gasteiger partial charge is 0.356 e. The highest BCUT2D eigenvalue weighted by Gasteiger charge is 2.51. The van der Waals surface area contributed by atoms with Gasteiger partial charge in [0, 0.05) is 89.8 Å². The Bertz CT molecular complexity index is 2460. The van der Waals surface area contributed by atoms with Crippen LogP contribution in [0.25, 0.3) is 32.9 Å². The number of rotatable bonds is 9. The number of carbonyl (C=O) groups is 2. The lowest BCUT2D eigenvalue weighted by Gasteiger charge is -2.39. The third kappa shape index (κ3) is 5.64. The zero-order valence-corrected chi connectivity index (χ0v) is 31.9. The van der Waals surface area contributed by atoms with Crippen molar-refractivity contribution in [3.05, 3.63) is 75.0 Å². The van der Waals surface area contributed by atoms with Crippen molar-refractivity contribution >= 4 is 56.8 Å². The van der Waals surface area contributed by atoms with E-state index < -0.39 is 5.82 Å².